The van der Waals surface area contributed by atoms with E-state index in [0.29, 0.717) is 25.7 Å². The average Bonchev–Trinajstić information content (AvgIpc) is 0.936. The van der Waals surface area contributed by atoms with E-state index in [1.54, 1.807) is 6.08 Å². The van der Waals surface area contributed by atoms with E-state index in [-0.39, 0.29) is 25.7 Å². The minimum atomic E-state index is -5.00. The van der Waals surface area contributed by atoms with Gasteiger partial charge in [-0.05, 0) is 141 Å². The summed E-state index contributed by atoms with van der Waals surface area (Å²) in [5, 5.41) is 10.6. The lowest BCUT2D eigenvalue weighted by Crippen LogP contribution is -2.30. The molecule has 100 heavy (non-hydrogen) atoms. The Bertz CT molecular complexity index is 2470. The third kappa shape index (κ3) is 71.3. The molecule has 0 aromatic rings. The Kier molecular flexibility index (Phi) is 68.6. The largest absolute Gasteiger partial charge is 0.472 e. The fourth-order valence-corrected chi connectivity index (χ4v) is 11.1. The van der Waals surface area contributed by atoms with Gasteiger partial charge in [-0.2, -0.15) is 0 Å². The molecule has 19 heteroatoms. The van der Waals surface area contributed by atoms with E-state index in [1.165, 1.54) is 25.7 Å². The van der Waals surface area contributed by atoms with E-state index in [2.05, 4.69) is 149 Å². The normalized spacial score (nSPS) is 14.8. The summed E-state index contributed by atoms with van der Waals surface area (Å²) in [6, 6.07) is 0. The Morgan fingerprint density at radius 1 is 0.300 bits per heavy atom. The van der Waals surface area contributed by atoms with Crippen molar-refractivity contribution in [1.82, 2.24) is 0 Å². The first kappa shape index (κ1) is 94.9. The molecule has 0 saturated heterocycles. The maximum absolute atomic E-state index is 13.1. The Morgan fingerprint density at radius 2 is 0.580 bits per heavy atom. The first-order chi connectivity index (χ1) is 48.7. The van der Waals surface area contributed by atoms with Crippen LogP contribution in [0.4, 0.5) is 0 Å². The third-order valence-corrected chi connectivity index (χ3v) is 17.2. The number of phosphoric ester groups is 2. The van der Waals surface area contributed by atoms with Gasteiger partial charge in [-0.25, -0.2) is 9.13 Å². The fraction of sp³-hybridized carbons (Fsp3) is 0.654. The standard InChI is InChI=1S/C81H134O17P2/c1-5-9-13-17-21-25-29-33-35-36-37-38-40-44-46-50-54-58-62-66-79(84)92-72-77(98-81(86)68-64-60-56-52-48-42-32-28-24-20-16-12-8-4)74-96-100(89,90)94-70-75(82)69-93-99(87,88)95-73-76(97-80(85)67-63-59-55-51-47-41-31-27-23-19-15-11-7-3)71-91-78(83)65-61-57-53-49-45-43-39-34-30-26-22-18-14-10-6-2/h9-10,13-14,16,20-22,25-28,31-35,37-39,45,49,57,61,75-77,82H,5-8,11-12,15,17-19,23-24,29-30,36,40-44,46-48,50-56,58-60,62-74H2,1-4H3,(H,87,88)(H,89,90)/b13-9-,14-10-,20-16-,25-21-,26-22-,31-27-,32-28-,35-33-,38-37-,39-34-,49-45-,61-57-. The van der Waals surface area contributed by atoms with E-state index >= 15 is 0 Å². The lowest BCUT2D eigenvalue weighted by molar-refractivity contribution is -0.161. The molecular weight excluding hydrogens is 1310 g/mol. The highest BCUT2D eigenvalue weighted by molar-refractivity contribution is 7.47. The molecule has 0 aliphatic rings. The number of esters is 4. The molecule has 0 aromatic carbocycles. The van der Waals surface area contributed by atoms with Crippen LogP contribution in [0, 0.1) is 0 Å². The van der Waals surface area contributed by atoms with Crippen LogP contribution in [0.1, 0.15) is 285 Å². The Hall–Kier alpha value is -5.06. The van der Waals surface area contributed by atoms with Gasteiger partial charge in [-0.15, -0.1) is 0 Å². The molecule has 17 nitrogen and oxygen atoms in total. The van der Waals surface area contributed by atoms with Gasteiger partial charge < -0.3 is 33.8 Å². The Labute approximate surface area is 605 Å². The number of aliphatic hydroxyl groups is 1. The number of aliphatic hydroxyl groups excluding tert-OH is 1. The molecule has 5 atom stereocenters. The van der Waals surface area contributed by atoms with Gasteiger partial charge in [-0.3, -0.25) is 37.3 Å². The molecule has 0 heterocycles. The van der Waals surface area contributed by atoms with E-state index in [1.807, 2.05) is 18.2 Å². The molecule has 0 aliphatic carbocycles. The highest BCUT2D eigenvalue weighted by Crippen LogP contribution is 2.45. The second-order valence-electron chi connectivity index (χ2n) is 24.8. The molecule has 0 rings (SSSR count). The molecule has 0 radical (unpaired) electrons. The number of hydrogen-bond donors (Lipinski definition) is 3. The molecule has 5 unspecified atom stereocenters. The zero-order valence-electron chi connectivity index (χ0n) is 62.1. The number of rotatable bonds is 70. The molecule has 3 N–H and O–H groups in total. The number of hydrogen-bond acceptors (Lipinski definition) is 15. The maximum atomic E-state index is 13.1. The lowest BCUT2D eigenvalue weighted by Gasteiger charge is -2.21. The summed E-state index contributed by atoms with van der Waals surface area (Å²) in [7, 11) is -9.99. The summed E-state index contributed by atoms with van der Waals surface area (Å²) >= 11 is 0. The minimum Gasteiger partial charge on any atom is -0.462 e. The van der Waals surface area contributed by atoms with Crippen LogP contribution >= 0.6 is 15.6 Å². The van der Waals surface area contributed by atoms with Gasteiger partial charge in [-0.1, -0.05) is 263 Å². The monoisotopic (exact) mass is 1440 g/mol. The van der Waals surface area contributed by atoms with E-state index in [0.717, 1.165) is 180 Å². The summed E-state index contributed by atoms with van der Waals surface area (Å²) in [6.07, 6.45) is 81.6. The Balaban J connectivity index is 5.42. The van der Waals surface area contributed by atoms with E-state index < -0.39 is 97.5 Å². The lowest BCUT2D eigenvalue weighted by atomic mass is 10.1. The number of carbonyl (C=O) groups excluding carboxylic acids is 4. The van der Waals surface area contributed by atoms with Gasteiger partial charge in [0.25, 0.3) is 0 Å². The van der Waals surface area contributed by atoms with Crippen LogP contribution in [0.5, 0.6) is 0 Å². The van der Waals surface area contributed by atoms with Gasteiger partial charge in [0.2, 0.25) is 0 Å². The van der Waals surface area contributed by atoms with Gasteiger partial charge in [0.05, 0.1) is 32.8 Å². The average molecular weight is 1440 g/mol. The molecular formula is C81H134O17P2. The summed E-state index contributed by atoms with van der Waals surface area (Å²) in [5.41, 5.74) is 0. The van der Waals surface area contributed by atoms with E-state index in [4.69, 9.17) is 37.0 Å². The van der Waals surface area contributed by atoms with Crippen molar-refractivity contribution in [3.05, 3.63) is 146 Å². The predicted octanol–water partition coefficient (Wildman–Crippen LogP) is 21.9. The Morgan fingerprint density at radius 3 is 0.940 bits per heavy atom. The predicted molar refractivity (Wildman–Crippen MR) is 408 cm³/mol. The highest BCUT2D eigenvalue weighted by atomic mass is 31.2. The number of ether oxygens (including phenoxy) is 4. The molecule has 0 spiro atoms. The molecule has 0 aromatic heterocycles. The zero-order chi connectivity index (χ0) is 73.2. The van der Waals surface area contributed by atoms with Crippen LogP contribution in [-0.4, -0.2) is 96.7 Å². The topological polar surface area (TPSA) is 237 Å². The van der Waals surface area contributed by atoms with Crippen molar-refractivity contribution in [3.63, 3.8) is 0 Å². The number of allylic oxidation sites excluding steroid dienone is 23. The van der Waals surface area contributed by atoms with Crippen molar-refractivity contribution in [2.75, 3.05) is 39.6 Å². The quantitative estimate of drug-likeness (QED) is 0.0169. The second-order valence-corrected chi connectivity index (χ2v) is 27.7. The first-order valence-electron chi connectivity index (χ1n) is 38.1. The fourth-order valence-electron chi connectivity index (χ4n) is 9.55. The first-order valence-corrected chi connectivity index (χ1v) is 41.1. The minimum absolute atomic E-state index is 0.0616. The van der Waals surface area contributed by atoms with Crippen molar-refractivity contribution < 1.29 is 80.2 Å². The van der Waals surface area contributed by atoms with Crippen LogP contribution in [-0.2, 0) is 65.4 Å². The van der Waals surface area contributed by atoms with Gasteiger partial charge >= 0.3 is 39.5 Å². The van der Waals surface area contributed by atoms with Gasteiger partial charge in [0.15, 0.2) is 12.2 Å². The van der Waals surface area contributed by atoms with Crippen LogP contribution < -0.4 is 0 Å². The summed E-state index contributed by atoms with van der Waals surface area (Å²) in [6.45, 7) is 4.39. The SMILES string of the molecule is CC/C=C\C/C=C\C/C=C\C/C=C\C/C=C\CC(=O)OCC(COP(=O)(O)OCC(O)COP(=O)(O)OCC(COC(=O)CCCCCCCC/C=C\C/C=C\C/C=C\C/C=C\CC)OC(=O)CCCCCCC/C=C\C/C=C\CCC)OC(=O)CCCCCCC/C=C\CCCCCC. The van der Waals surface area contributed by atoms with Crippen LogP contribution in [0.2, 0.25) is 0 Å². The molecule has 570 valence electrons. The van der Waals surface area contributed by atoms with Crippen molar-refractivity contribution in [1.29, 1.82) is 0 Å². The zero-order valence-corrected chi connectivity index (χ0v) is 63.9. The highest BCUT2D eigenvalue weighted by Gasteiger charge is 2.30. The molecule has 0 aliphatic heterocycles. The van der Waals surface area contributed by atoms with Crippen LogP contribution in [0.3, 0.4) is 0 Å². The number of unbranched alkanes of at least 4 members (excludes halogenated alkanes) is 21. The second kappa shape index (κ2) is 72.3. The molecule has 0 saturated carbocycles. The van der Waals surface area contributed by atoms with Gasteiger partial charge in [0, 0.05) is 19.3 Å². The molecule has 0 fully saturated rings. The van der Waals surface area contributed by atoms with E-state index in [9.17, 15) is 43.2 Å². The van der Waals surface area contributed by atoms with Crippen molar-refractivity contribution in [3.8, 4) is 0 Å². The van der Waals surface area contributed by atoms with Crippen molar-refractivity contribution >= 4 is 39.5 Å². The van der Waals surface area contributed by atoms with Crippen molar-refractivity contribution in [2.45, 2.75) is 303 Å². The number of carbonyl (C=O) groups is 4. The summed E-state index contributed by atoms with van der Waals surface area (Å²) < 4.78 is 68.3. The van der Waals surface area contributed by atoms with Crippen LogP contribution in [0.15, 0.2) is 146 Å². The summed E-state index contributed by atoms with van der Waals surface area (Å²) in [4.78, 5) is 72.8. The van der Waals surface area contributed by atoms with Crippen LogP contribution in [0.25, 0.3) is 0 Å². The van der Waals surface area contributed by atoms with Gasteiger partial charge in [0.1, 0.15) is 19.3 Å². The van der Waals surface area contributed by atoms with Crippen molar-refractivity contribution in [2.24, 2.45) is 0 Å². The molecule has 0 amide bonds. The summed E-state index contributed by atoms with van der Waals surface area (Å²) in [5.74, 6) is -2.37. The number of phosphoric acid groups is 2. The maximum Gasteiger partial charge on any atom is 0.472 e. The molecule has 0 bridgehead atoms. The third-order valence-electron chi connectivity index (χ3n) is 15.3. The smallest absolute Gasteiger partial charge is 0.462 e.